The molecule has 0 saturated heterocycles. The van der Waals surface area contributed by atoms with Gasteiger partial charge in [-0.05, 0) is 30.2 Å². The largest absolute Gasteiger partial charge is 0.253 e. The van der Waals surface area contributed by atoms with Crippen molar-refractivity contribution in [2.45, 2.75) is 19.8 Å². The van der Waals surface area contributed by atoms with Gasteiger partial charge in [-0.1, -0.05) is 31.5 Å². The van der Waals surface area contributed by atoms with Gasteiger partial charge < -0.3 is 0 Å². The molecule has 1 heterocycles. The van der Waals surface area contributed by atoms with Gasteiger partial charge in [-0.2, -0.15) is 0 Å². The van der Waals surface area contributed by atoms with E-state index in [1.165, 1.54) is 0 Å². The minimum absolute atomic E-state index is 0.457. The number of pyridine rings is 1. The van der Waals surface area contributed by atoms with Gasteiger partial charge in [0.15, 0.2) is 0 Å². The first-order chi connectivity index (χ1) is 6.68. The van der Waals surface area contributed by atoms with Crippen LogP contribution in [-0.2, 0) is 0 Å². The highest BCUT2D eigenvalue weighted by Gasteiger charge is 2.03. The van der Waals surface area contributed by atoms with Crippen molar-refractivity contribution in [3.63, 3.8) is 0 Å². The number of aromatic nitrogens is 1. The summed E-state index contributed by atoms with van der Waals surface area (Å²) in [5, 5.41) is 1.80. The number of hydrogen-bond donors (Lipinski definition) is 0. The number of rotatable bonds is 1. The predicted molar refractivity (Wildman–Crippen MR) is 60.8 cm³/mol. The van der Waals surface area contributed by atoms with Crippen LogP contribution < -0.4 is 0 Å². The van der Waals surface area contributed by atoms with E-state index in [-0.39, 0.29) is 0 Å². The topological polar surface area (TPSA) is 12.9 Å². The van der Waals surface area contributed by atoms with Crippen LogP contribution in [0.4, 0.5) is 0 Å². The molecule has 1 aromatic heterocycles. The molecular weight excluding hydrogens is 194 g/mol. The lowest BCUT2D eigenvalue weighted by atomic mass is 10.1. The Kier molecular flexibility index (Phi) is 2.42. The van der Waals surface area contributed by atoms with Gasteiger partial charge >= 0.3 is 0 Å². The van der Waals surface area contributed by atoms with Crippen molar-refractivity contribution >= 4 is 22.5 Å². The summed E-state index contributed by atoms with van der Waals surface area (Å²) in [5.41, 5.74) is 2.09. The molecule has 0 N–H and O–H groups in total. The second-order valence-electron chi connectivity index (χ2n) is 3.70. The third-order valence-electron chi connectivity index (χ3n) is 2.29. The summed E-state index contributed by atoms with van der Waals surface area (Å²) in [7, 11) is 0. The summed E-state index contributed by atoms with van der Waals surface area (Å²) in [4.78, 5) is 4.55. The summed E-state index contributed by atoms with van der Waals surface area (Å²) in [6, 6.07) is 9.90. The van der Waals surface area contributed by atoms with E-state index in [1.807, 2.05) is 30.3 Å². The average Bonchev–Trinajstić information content (AvgIpc) is 2.17. The van der Waals surface area contributed by atoms with E-state index in [0.717, 1.165) is 21.6 Å². The van der Waals surface area contributed by atoms with Gasteiger partial charge in [-0.15, -0.1) is 0 Å². The van der Waals surface area contributed by atoms with Gasteiger partial charge in [-0.25, -0.2) is 0 Å². The number of halogens is 1. The quantitative estimate of drug-likeness (QED) is 0.686. The molecule has 2 rings (SSSR count). The zero-order valence-electron chi connectivity index (χ0n) is 8.29. The number of hydrogen-bond acceptors (Lipinski definition) is 1. The number of nitrogens with zero attached hydrogens (tertiary/aromatic N) is 1. The second-order valence-corrected chi connectivity index (χ2v) is 4.10. The number of benzene rings is 1. The monoisotopic (exact) mass is 205 g/mol. The Hall–Kier alpha value is -1.08. The molecule has 0 unspecified atom stereocenters. The lowest BCUT2D eigenvalue weighted by Gasteiger charge is -2.06. The van der Waals surface area contributed by atoms with Crippen molar-refractivity contribution in [3.8, 4) is 0 Å². The van der Waals surface area contributed by atoms with E-state index in [9.17, 15) is 0 Å². The number of fused-ring (bicyclic) bond motifs is 1. The van der Waals surface area contributed by atoms with Gasteiger partial charge in [0, 0.05) is 16.1 Å². The molecule has 1 aromatic carbocycles. The minimum atomic E-state index is 0.457. The van der Waals surface area contributed by atoms with Crippen molar-refractivity contribution in [1.82, 2.24) is 4.98 Å². The first-order valence-corrected chi connectivity index (χ1v) is 5.11. The van der Waals surface area contributed by atoms with Crippen LogP contribution in [0, 0.1) is 0 Å². The predicted octanol–water partition coefficient (Wildman–Crippen LogP) is 4.01. The van der Waals surface area contributed by atoms with Crippen LogP contribution in [0.25, 0.3) is 10.9 Å². The van der Waals surface area contributed by atoms with E-state index in [2.05, 4.69) is 18.8 Å². The van der Waals surface area contributed by atoms with Crippen LogP contribution in [0.5, 0.6) is 0 Å². The standard InChI is InChI=1S/C12H12ClN/c1-8(2)11-7-6-9-10(13)4-3-5-12(9)14-11/h3-8H,1-2H3. The molecule has 1 nitrogen and oxygen atoms in total. The van der Waals surface area contributed by atoms with Crippen LogP contribution >= 0.6 is 11.6 Å². The van der Waals surface area contributed by atoms with E-state index in [0.29, 0.717) is 5.92 Å². The molecule has 0 bridgehead atoms. The molecule has 0 saturated carbocycles. The van der Waals surface area contributed by atoms with Crippen molar-refractivity contribution in [2.75, 3.05) is 0 Å². The molecule has 0 atom stereocenters. The van der Waals surface area contributed by atoms with E-state index in [4.69, 9.17) is 11.6 Å². The Balaban J connectivity index is 2.67. The van der Waals surface area contributed by atoms with Crippen molar-refractivity contribution in [1.29, 1.82) is 0 Å². The highest BCUT2D eigenvalue weighted by atomic mass is 35.5. The zero-order valence-corrected chi connectivity index (χ0v) is 9.05. The Morgan fingerprint density at radius 1 is 1.14 bits per heavy atom. The highest BCUT2D eigenvalue weighted by Crippen LogP contribution is 2.23. The summed E-state index contributed by atoms with van der Waals surface area (Å²) in [5.74, 6) is 0.457. The van der Waals surface area contributed by atoms with E-state index < -0.39 is 0 Å². The zero-order chi connectivity index (χ0) is 10.1. The fraction of sp³-hybridized carbons (Fsp3) is 0.250. The maximum absolute atomic E-state index is 6.05. The highest BCUT2D eigenvalue weighted by molar-refractivity contribution is 6.35. The normalized spacial score (nSPS) is 11.1. The molecule has 0 fully saturated rings. The summed E-state index contributed by atoms with van der Waals surface area (Å²) in [6.45, 7) is 4.28. The van der Waals surface area contributed by atoms with Gasteiger partial charge in [-0.3, -0.25) is 4.98 Å². The Labute approximate surface area is 88.7 Å². The van der Waals surface area contributed by atoms with Crippen molar-refractivity contribution < 1.29 is 0 Å². The second kappa shape index (κ2) is 3.58. The first-order valence-electron chi connectivity index (χ1n) is 4.73. The molecule has 0 aliphatic carbocycles. The van der Waals surface area contributed by atoms with Crippen LogP contribution in [0.1, 0.15) is 25.5 Å². The molecule has 0 aliphatic heterocycles. The maximum Gasteiger partial charge on any atom is 0.0720 e. The summed E-state index contributed by atoms with van der Waals surface area (Å²) < 4.78 is 0. The average molecular weight is 206 g/mol. The lowest BCUT2D eigenvalue weighted by molar-refractivity contribution is 0.830. The van der Waals surface area contributed by atoms with Crippen molar-refractivity contribution in [3.05, 3.63) is 41.0 Å². The van der Waals surface area contributed by atoms with E-state index >= 15 is 0 Å². The Morgan fingerprint density at radius 3 is 2.64 bits per heavy atom. The third kappa shape index (κ3) is 1.60. The molecule has 2 aromatic rings. The van der Waals surface area contributed by atoms with E-state index in [1.54, 1.807) is 0 Å². The van der Waals surface area contributed by atoms with Crippen LogP contribution in [0.3, 0.4) is 0 Å². The first kappa shape index (κ1) is 9.47. The van der Waals surface area contributed by atoms with Gasteiger partial charge in [0.1, 0.15) is 0 Å². The Morgan fingerprint density at radius 2 is 1.93 bits per heavy atom. The SMILES string of the molecule is CC(C)c1ccc2c(Cl)cccc2n1. The molecule has 0 spiro atoms. The fourth-order valence-corrected chi connectivity index (χ4v) is 1.69. The lowest BCUT2D eigenvalue weighted by Crippen LogP contribution is -1.92. The van der Waals surface area contributed by atoms with Gasteiger partial charge in [0.25, 0.3) is 0 Å². The molecule has 2 heteroatoms. The molecule has 0 aliphatic rings. The van der Waals surface area contributed by atoms with Gasteiger partial charge in [0.05, 0.1) is 5.52 Å². The smallest absolute Gasteiger partial charge is 0.0720 e. The molecular formula is C12H12ClN. The molecule has 0 radical (unpaired) electrons. The molecule has 14 heavy (non-hydrogen) atoms. The third-order valence-corrected chi connectivity index (χ3v) is 2.62. The Bertz CT molecular complexity index is 463. The van der Waals surface area contributed by atoms with Gasteiger partial charge in [0.2, 0.25) is 0 Å². The van der Waals surface area contributed by atoms with Crippen molar-refractivity contribution in [2.24, 2.45) is 0 Å². The molecule has 0 amide bonds. The maximum atomic E-state index is 6.05. The van der Waals surface area contributed by atoms with Crippen LogP contribution in [0.15, 0.2) is 30.3 Å². The molecule has 72 valence electrons. The van der Waals surface area contributed by atoms with Crippen LogP contribution in [-0.4, -0.2) is 4.98 Å². The summed E-state index contributed by atoms with van der Waals surface area (Å²) in [6.07, 6.45) is 0. The van der Waals surface area contributed by atoms with Crippen LogP contribution in [0.2, 0.25) is 5.02 Å². The fourth-order valence-electron chi connectivity index (χ4n) is 1.45. The summed E-state index contributed by atoms with van der Waals surface area (Å²) >= 11 is 6.05. The minimum Gasteiger partial charge on any atom is -0.253 e.